The van der Waals surface area contributed by atoms with Crippen LogP contribution < -0.4 is 15.8 Å². The van der Waals surface area contributed by atoms with Gasteiger partial charge in [-0.3, -0.25) is 4.79 Å². The van der Waals surface area contributed by atoms with Crippen LogP contribution in [0, 0.1) is 6.92 Å². The largest absolute Gasteiger partial charge is 0.497 e. The number of ether oxygens (including phenoxy) is 1. The highest BCUT2D eigenvalue weighted by atomic mass is 16.5. The Labute approximate surface area is 150 Å². The Morgan fingerprint density at radius 2 is 2.08 bits per heavy atom. The highest BCUT2D eigenvalue weighted by Gasteiger charge is 2.10. The summed E-state index contributed by atoms with van der Waals surface area (Å²) in [6.45, 7) is 1.94. The van der Waals surface area contributed by atoms with Crippen molar-refractivity contribution in [2.75, 3.05) is 7.11 Å². The SMILES string of the molecule is COc1cccc(/C=N/NC(=O)Cc2cc(=O)oc3ccc(C)cc23)c1. The fraction of sp³-hybridized carbons (Fsp3) is 0.150. The highest BCUT2D eigenvalue weighted by Crippen LogP contribution is 2.19. The summed E-state index contributed by atoms with van der Waals surface area (Å²) >= 11 is 0. The number of carbonyl (C=O) groups excluding carboxylic acids is 1. The molecule has 1 aromatic heterocycles. The molecule has 3 rings (SSSR count). The van der Waals surface area contributed by atoms with Gasteiger partial charge in [-0.05, 0) is 42.3 Å². The molecule has 132 valence electrons. The Hall–Kier alpha value is -3.41. The van der Waals surface area contributed by atoms with Crippen LogP contribution in [0.5, 0.6) is 5.75 Å². The lowest BCUT2D eigenvalue weighted by Gasteiger charge is -2.05. The third-order valence-electron chi connectivity index (χ3n) is 3.83. The van der Waals surface area contributed by atoms with Crippen molar-refractivity contribution >= 4 is 23.1 Å². The van der Waals surface area contributed by atoms with E-state index in [1.54, 1.807) is 19.2 Å². The minimum Gasteiger partial charge on any atom is -0.497 e. The number of amides is 1. The Balaban J connectivity index is 1.74. The number of rotatable bonds is 5. The zero-order valence-corrected chi connectivity index (χ0v) is 14.5. The molecule has 3 aromatic rings. The van der Waals surface area contributed by atoms with Gasteiger partial charge in [-0.25, -0.2) is 10.2 Å². The number of nitrogens with one attached hydrogen (secondary N) is 1. The second-order valence-corrected chi connectivity index (χ2v) is 5.84. The first-order valence-electron chi connectivity index (χ1n) is 8.04. The number of fused-ring (bicyclic) bond motifs is 1. The van der Waals surface area contributed by atoms with Gasteiger partial charge in [0.25, 0.3) is 0 Å². The van der Waals surface area contributed by atoms with Gasteiger partial charge in [-0.2, -0.15) is 5.10 Å². The van der Waals surface area contributed by atoms with Crippen LogP contribution in [0.4, 0.5) is 0 Å². The first-order valence-corrected chi connectivity index (χ1v) is 8.04. The minimum absolute atomic E-state index is 0.0288. The number of methoxy groups -OCH3 is 1. The number of hydrogen-bond donors (Lipinski definition) is 1. The normalized spacial score (nSPS) is 11.0. The van der Waals surface area contributed by atoms with Crippen LogP contribution in [0.2, 0.25) is 0 Å². The zero-order valence-electron chi connectivity index (χ0n) is 14.5. The molecule has 0 saturated carbocycles. The molecule has 26 heavy (non-hydrogen) atoms. The van der Waals surface area contributed by atoms with E-state index in [-0.39, 0.29) is 12.3 Å². The van der Waals surface area contributed by atoms with E-state index < -0.39 is 5.63 Å². The first-order chi connectivity index (χ1) is 12.5. The predicted molar refractivity (Wildman–Crippen MR) is 99.7 cm³/mol. The molecule has 0 aliphatic carbocycles. The molecule has 6 nitrogen and oxygen atoms in total. The summed E-state index contributed by atoms with van der Waals surface area (Å²) in [5.74, 6) is 0.385. The minimum atomic E-state index is -0.482. The average Bonchev–Trinajstić information content (AvgIpc) is 2.62. The van der Waals surface area contributed by atoms with E-state index in [1.807, 2.05) is 37.3 Å². The summed E-state index contributed by atoms with van der Waals surface area (Å²) in [7, 11) is 1.58. The molecule has 2 aromatic carbocycles. The van der Waals surface area contributed by atoms with Gasteiger partial charge >= 0.3 is 5.63 Å². The third-order valence-corrected chi connectivity index (χ3v) is 3.83. The molecule has 0 radical (unpaired) electrons. The Bertz CT molecular complexity index is 1040. The van der Waals surface area contributed by atoms with Crippen LogP contribution in [0.15, 0.2) is 62.8 Å². The quantitative estimate of drug-likeness (QED) is 0.436. The molecule has 0 saturated heterocycles. The summed E-state index contributed by atoms with van der Waals surface area (Å²) in [5.41, 5.74) is 4.87. The average molecular weight is 350 g/mol. The Morgan fingerprint density at radius 1 is 1.23 bits per heavy atom. The molecule has 1 amide bonds. The van der Waals surface area contributed by atoms with Crippen LogP contribution in [-0.4, -0.2) is 19.2 Å². The van der Waals surface area contributed by atoms with E-state index in [0.29, 0.717) is 16.9 Å². The molecule has 1 heterocycles. The second-order valence-electron chi connectivity index (χ2n) is 5.84. The van der Waals surface area contributed by atoms with E-state index in [1.165, 1.54) is 12.3 Å². The van der Waals surface area contributed by atoms with Crippen molar-refractivity contribution in [1.29, 1.82) is 0 Å². The van der Waals surface area contributed by atoms with Crippen molar-refractivity contribution in [2.45, 2.75) is 13.3 Å². The van der Waals surface area contributed by atoms with Crippen LogP contribution in [0.1, 0.15) is 16.7 Å². The predicted octanol–water partition coefficient (Wildman–Crippen LogP) is 2.80. The highest BCUT2D eigenvalue weighted by molar-refractivity contribution is 5.88. The number of aryl methyl sites for hydroxylation is 1. The van der Waals surface area contributed by atoms with Gasteiger partial charge in [0.05, 0.1) is 19.7 Å². The van der Waals surface area contributed by atoms with E-state index in [0.717, 1.165) is 16.5 Å². The van der Waals surface area contributed by atoms with Gasteiger partial charge in [-0.1, -0.05) is 23.8 Å². The zero-order chi connectivity index (χ0) is 18.5. The Morgan fingerprint density at radius 3 is 2.88 bits per heavy atom. The summed E-state index contributed by atoms with van der Waals surface area (Å²) < 4.78 is 10.3. The molecule has 0 fully saturated rings. The Kier molecular flexibility index (Phi) is 5.12. The molecular weight excluding hydrogens is 332 g/mol. The molecule has 1 N–H and O–H groups in total. The van der Waals surface area contributed by atoms with E-state index in [9.17, 15) is 9.59 Å². The molecule has 0 aliphatic rings. The summed E-state index contributed by atoms with van der Waals surface area (Å²) in [5, 5.41) is 4.70. The van der Waals surface area contributed by atoms with Crippen LogP contribution in [-0.2, 0) is 11.2 Å². The van der Waals surface area contributed by atoms with Crippen LogP contribution >= 0.6 is 0 Å². The summed E-state index contributed by atoms with van der Waals surface area (Å²) in [6, 6.07) is 14.1. The summed E-state index contributed by atoms with van der Waals surface area (Å²) in [4.78, 5) is 23.9. The van der Waals surface area contributed by atoms with Crippen molar-refractivity contribution in [3.63, 3.8) is 0 Å². The van der Waals surface area contributed by atoms with Gasteiger partial charge in [0.1, 0.15) is 11.3 Å². The van der Waals surface area contributed by atoms with E-state index in [4.69, 9.17) is 9.15 Å². The third kappa shape index (κ3) is 4.16. The van der Waals surface area contributed by atoms with Crippen molar-refractivity contribution in [3.05, 3.63) is 75.6 Å². The maximum Gasteiger partial charge on any atom is 0.336 e. The number of hydrazone groups is 1. The van der Waals surface area contributed by atoms with Crippen molar-refractivity contribution in [1.82, 2.24) is 5.43 Å². The summed E-state index contributed by atoms with van der Waals surface area (Å²) in [6.07, 6.45) is 1.56. The van der Waals surface area contributed by atoms with Gasteiger partial charge in [-0.15, -0.1) is 0 Å². The fourth-order valence-corrected chi connectivity index (χ4v) is 2.60. The smallest absolute Gasteiger partial charge is 0.336 e. The number of hydrogen-bond acceptors (Lipinski definition) is 5. The number of nitrogens with zero attached hydrogens (tertiary/aromatic N) is 1. The first kappa shape index (κ1) is 17.4. The lowest BCUT2D eigenvalue weighted by molar-refractivity contribution is -0.120. The number of carbonyl (C=O) groups is 1. The van der Waals surface area contributed by atoms with Gasteiger partial charge in [0, 0.05) is 11.5 Å². The van der Waals surface area contributed by atoms with E-state index >= 15 is 0 Å². The number of benzene rings is 2. The lowest BCUT2D eigenvalue weighted by atomic mass is 10.1. The maximum absolute atomic E-state index is 12.2. The van der Waals surface area contributed by atoms with Crippen molar-refractivity contribution < 1.29 is 13.9 Å². The fourth-order valence-electron chi connectivity index (χ4n) is 2.60. The molecule has 0 unspecified atom stereocenters. The standard InChI is InChI=1S/C20H18N2O4/c1-13-6-7-18-17(8-13)15(11-20(24)26-18)10-19(23)22-21-12-14-4-3-5-16(9-14)25-2/h3-9,11-12H,10H2,1-2H3,(H,22,23)/b21-12+. The second kappa shape index (κ2) is 7.65. The molecule has 0 atom stereocenters. The van der Waals surface area contributed by atoms with E-state index in [2.05, 4.69) is 10.5 Å². The van der Waals surface area contributed by atoms with Gasteiger partial charge < -0.3 is 9.15 Å². The van der Waals surface area contributed by atoms with Gasteiger partial charge in [0.2, 0.25) is 5.91 Å². The lowest BCUT2D eigenvalue weighted by Crippen LogP contribution is -2.20. The van der Waals surface area contributed by atoms with Gasteiger partial charge in [0.15, 0.2) is 0 Å². The van der Waals surface area contributed by atoms with Crippen molar-refractivity contribution in [3.8, 4) is 5.75 Å². The van der Waals surface area contributed by atoms with Crippen molar-refractivity contribution in [2.24, 2.45) is 5.10 Å². The van der Waals surface area contributed by atoms with Crippen LogP contribution in [0.25, 0.3) is 11.0 Å². The monoisotopic (exact) mass is 350 g/mol. The molecule has 0 spiro atoms. The topological polar surface area (TPSA) is 80.9 Å². The molecular formula is C20H18N2O4. The molecule has 0 bridgehead atoms. The van der Waals surface area contributed by atoms with Crippen LogP contribution in [0.3, 0.4) is 0 Å². The maximum atomic E-state index is 12.2. The molecule has 6 heteroatoms. The molecule has 0 aliphatic heterocycles.